The van der Waals surface area contributed by atoms with Crippen LogP contribution in [0.1, 0.15) is 61.6 Å². The van der Waals surface area contributed by atoms with E-state index in [1.807, 2.05) is 12.1 Å². The molecular weight excluding hydrogens is 284 g/mol. The van der Waals surface area contributed by atoms with Crippen molar-refractivity contribution in [3.8, 4) is 18.1 Å². The van der Waals surface area contributed by atoms with Crippen molar-refractivity contribution in [3.63, 3.8) is 0 Å². The maximum absolute atomic E-state index is 11.0. The summed E-state index contributed by atoms with van der Waals surface area (Å²) >= 11 is 0. The Hall–Kier alpha value is -1.46. The fourth-order valence-corrected chi connectivity index (χ4v) is 6.21. The van der Waals surface area contributed by atoms with E-state index in [0.29, 0.717) is 23.5 Å². The molecule has 0 aliphatic heterocycles. The first-order valence-corrected chi connectivity index (χ1v) is 8.92. The van der Waals surface area contributed by atoms with E-state index in [2.05, 4.69) is 19.8 Å². The molecule has 5 atom stereocenters. The van der Waals surface area contributed by atoms with Crippen LogP contribution in [0.2, 0.25) is 0 Å². The molecule has 2 fully saturated rings. The van der Waals surface area contributed by atoms with Gasteiger partial charge in [0.1, 0.15) is 11.4 Å². The van der Waals surface area contributed by atoms with Crippen molar-refractivity contribution in [3.05, 3.63) is 28.8 Å². The number of aryl methyl sites for hydroxylation is 2. The summed E-state index contributed by atoms with van der Waals surface area (Å²) in [5, 5.41) is 20.9. The van der Waals surface area contributed by atoms with Gasteiger partial charge in [-0.25, -0.2) is 0 Å². The Morgan fingerprint density at radius 2 is 2.00 bits per heavy atom. The summed E-state index contributed by atoms with van der Waals surface area (Å²) in [5.41, 5.74) is 2.97. The Morgan fingerprint density at radius 3 is 2.74 bits per heavy atom. The van der Waals surface area contributed by atoms with E-state index in [4.69, 9.17) is 6.42 Å². The minimum Gasteiger partial charge on any atom is -0.508 e. The molecule has 2 saturated carbocycles. The summed E-state index contributed by atoms with van der Waals surface area (Å²) in [6.07, 6.45) is 11.8. The Kier molecular flexibility index (Phi) is 3.13. The van der Waals surface area contributed by atoms with Gasteiger partial charge in [0, 0.05) is 5.41 Å². The summed E-state index contributed by atoms with van der Waals surface area (Å²) in [7, 11) is 0. The van der Waals surface area contributed by atoms with Gasteiger partial charge in [-0.1, -0.05) is 12.8 Å². The van der Waals surface area contributed by atoms with Crippen LogP contribution in [0.25, 0.3) is 0 Å². The predicted molar refractivity (Wildman–Crippen MR) is 91.2 cm³/mol. The lowest BCUT2D eigenvalue weighted by atomic mass is 9.53. The highest BCUT2D eigenvalue weighted by Crippen LogP contribution is 2.64. The van der Waals surface area contributed by atoms with Gasteiger partial charge in [-0.3, -0.25) is 0 Å². The third-order valence-electron chi connectivity index (χ3n) is 7.40. The Balaban J connectivity index is 1.75. The molecule has 3 aliphatic carbocycles. The number of aliphatic hydroxyl groups is 1. The van der Waals surface area contributed by atoms with Crippen molar-refractivity contribution < 1.29 is 10.2 Å². The standard InChI is InChI=1S/C21H26O2/c1-4-21(23)10-8-18-16-6-5-14-12-15(22)11-13(2)19(14)17(16)7-9-20(18,21)3/h1,11-12,16-18,22-23H,5-10H2,2-3H3/t16-,17+,18-,20-,21-/m1/s1. The van der Waals surface area contributed by atoms with Gasteiger partial charge in [0.25, 0.3) is 0 Å². The second kappa shape index (κ2) is 4.77. The minimum atomic E-state index is -0.924. The SMILES string of the molecule is C#C[C@@]1(O)CC[C@@H]2[C@@H]3CCc4cc(O)cc(C)c4[C@H]3CC[C@]21C. The van der Waals surface area contributed by atoms with Gasteiger partial charge in [0.05, 0.1) is 0 Å². The number of fused-ring (bicyclic) bond motifs is 5. The summed E-state index contributed by atoms with van der Waals surface area (Å²) in [6, 6.07) is 3.86. The highest BCUT2D eigenvalue weighted by molar-refractivity contribution is 5.46. The number of phenolic OH excluding ortho intramolecular Hbond substituents is 1. The largest absolute Gasteiger partial charge is 0.508 e. The quantitative estimate of drug-likeness (QED) is 0.713. The predicted octanol–water partition coefficient (Wildman–Crippen LogP) is 3.92. The van der Waals surface area contributed by atoms with Gasteiger partial charge in [-0.05, 0) is 92.0 Å². The molecule has 2 N–H and O–H groups in total. The fraction of sp³-hybridized carbons (Fsp3) is 0.619. The molecule has 2 heteroatoms. The van der Waals surface area contributed by atoms with Gasteiger partial charge < -0.3 is 10.2 Å². The highest BCUT2D eigenvalue weighted by atomic mass is 16.3. The first-order valence-electron chi connectivity index (χ1n) is 8.92. The van der Waals surface area contributed by atoms with E-state index >= 15 is 0 Å². The Labute approximate surface area is 138 Å². The molecule has 4 rings (SSSR count). The first-order chi connectivity index (χ1) is 10.9. The number of phenols is 1. The van der Waals surface area contributed by atoms with Gasteiger partial charge in [-0.15, -0.1) is 6.42 Å². The molecule has 0 spiro atoms. The van der Waals surface area contributed by atoms with E-state index < -0.39 is 5.60 Å². The third-order valence-corrected chi connectivity index (χ3v) is 7.40. The molecule has 0 saturated heterocycles. The number of benzene rings is 1. The number of hydrogen-bond donors (Lipinski definition) is 2. The van der Waals surface area contributed by atoms with Gasteiger partial charge in [0.15, 0.2) is 0 Å². The van der Waals surface area contributed by atoms with Crippen LogP contribution < -0.4 is 0 Å². The molecular formula is C21H26O2. The first kappa shape index (κ1) is 15.1. The molecule has 0 bridgehead atoms. The third kappa shape index (κ3) is 1.86. The Bertz CT molecular complexity index is 701. The van der Waals surface area contributed by atoms with Gasteiger partial charge >= 0.3 is 0 Å². The molecule has 2 nitrogen and oxygen atoms in total. The molecule has 1 aromatic carbocycles. The number of rotatable bonds is 0. The van der Waals surface area contributed by atoms with Crippen molar-refractivity contribution in [1.29, 1.82) is 0 Å². The lowest BCUT2D eigenvalue weighted by Crippen LogP contribution is -2.50. The van der Waals surface area contributed by atoms with Crippen LogP contribution in [-0.2, 0) is 6.42 Å². The van der Waals surface area contributed by atoms with E-state index in [9.17, 15) is 10.2 Å². The lowest BCUT2D eigenvalue weighted by Gasteiger charge is -2.52. The summed E-state index contributed by atoms with van der Waals surface area (Å²) in [5.74, 6) is 4.83. The van der Waals surface area contributed by atoms with Crippen LogP contribution in [0.4, 0.5) is 0 Å². The maximum Gasteiger partial charge on any atom is 0.130 e. The van der Waals surface area contributed by atoms with Gasteiger partial charge in [-0.2, -0.15) is 0 Å². The summed E-state index contributed by atoms with van der Waals surface area (Å²) < 4.78 is 0. The normalized spacial score (nSPS) is 41.6. The maximum atomic E-state index is 11.0. The minimum absolute atomic E-state index is 0.134. The van der Waals surface area contributed by atoms with E-state index in [1.165, 1.54) is 16.7 Å². The zero-order chi connectivity index (χ0) is 16.4. The molecule has 122 valence electrons. The van der Waals surface area contributed by atoms with Crippen molar-refractivity contribution in [2.24, 2.45) is 17.3 Å². The average Bonchev–Trinajstić information content (AvgIpc) is 2.79. The van der Waals surface area contributed by atoms with Crippen LogP contribution in [0, 0.1) is 36.5 Å². The molecule has 23 heavy (non-hydrogen) atoms. The highest BCUT2D eigenvalue weighted by Gasteiger charge is 2.61. The zero-order valence-corrected chi connectivity index (χ0v) is 14.1. The van der Waals surface area contributed by atoms with E-state index in [1.54, 1.807) is 0 Å². The molecule has 0 amide bonds. The number of terminal acetylenes is 1. The molecule has 0 unspecified atom stereocenters. The number of aromatic hydroxyl groups is 1. The van der Waals surface area contributed by atoms with Crippen LogP contribution >= 0.6 is 0 Å². The number of hydrogen-bond acceptors (Lipinski definition) is 2. The van der Waals surface area contributed by atoms with Crippen molar-refractivity contribution in [2.45, 2.75) is 63.9 Å². The average molecular weight is 310 g/mol. The molecule has 0 heterocycles. The molecule has 1 aromatic rings. The summed E-state index contributed by atoms with van der Waals surface area (Å²) in [6.45, 7) is 4.35. The van der Waals surface area contributed by atoms with Crippen LogP contribution in [0.5, 0.6) is 5.75 Å². The smallest absolute Gasteiger partial charge is 0.130 e. The second-order valence-corrected chi connectivity index (χ2v) is 8.25. The van der Waals surface area contributed by atoms with Crippen molar-refractivity contribution >= 4 is 0 Å². The summed E-state index contributed by atoms with van der Waals surface area (Å²) in [4.78, 5) is 0. The van der Waals surface area contributed by atoms with Gasteiger partial charge in [0.2, 0.25) is 0 Å². The van der Waals surface area contributed by atoms with Crippen molar-refractivity contribution in [1.82, 2.24) is 0 Å². The second-order valence-electron chi connectivity index (χ2n) is 8.25. The van der Waals surface area contributed by atoms with Crippen LogP contribution in [-0.4, -0.2) is 15.8 Å². The monoisotopic (exact) mass is 310 g/mol. The molecule has 0 radical (unpaired) electrons. The van der Waals surface area contributed by atoms with E-state index in [-0.39, 0.29) is 5.41 Å². The molecule has 0 aromatic heterocycles. The lowest BCUT2D eigenvalue weighted by molar-refractivity contribution is -0.0647. The van der Waals surface area contributed by atoms with Crippen molar-refractivity contribution in [2.75, 3.05) is 0 Å². The van der Waals surface area contributed by atoms with Crippen LogP contribution in [0.15, 0.2) is 12.1 Å². The molecule has 3 aliphatic rings. The topological polar surface area (TPSA) is 40.5 Å². The Morgan fingerprint density at radius 1 is 1.22 bits per heavy atom. The fourth-order valence-electron chi connectivity index (χ4n) is 6.21. The van der Waals surface area contributed by atoms with E-state index in [0.717, 1.165) is 38.5 Å². The van der Waals surface area contributed by atoms with Crippen LogP contribution in [0.3, 0.4) is 0 Å². The zero-order valence-electron chi connectivity index (χ0n) is 14.1.